The molecule has 0 radical (unpaired) electrons. The molecule has 0 aromatic carbocycles. The average Bonchev–Trinajstić information content (AvgIpc) is 2.92. The van der Waals surface area contributed by atoms with Crippen molar-refractivity contribution in [3.05, 3.63) is 42.4 Å². The summed E-state index contributed by atoms with van der Waals surface area (Å²) in [6.45, 7) is 4.11. The van der Waals surface area contributed by atoms with E-state index in [-0.39, 0.29) is 12.1 Å². The van der Waals surface area contributed by atoms with Crippen molar-refractivity contribution in [1.29, 1.82) is 5.26 Å². The molecule has 92 valence electrons. The monoisotopic (exact) mass is 241 g/mol. The summed E-state index contributed by atoms with van der Waals surface area (Å²) in [5, 5.41) is 16.5. The van der Waals surface area contributed by atoms with Crippen molar-refractivity contribution in [2.45, 2.75) is 25.9 Å². The van der Waals surface area contributed by atoms with Gasteiger partial charge in [0.05, 0.1) is 11.6 Å². The first-order valence-electron chi connectivity index (χ1n) is 5.83. The third-order valence-corrected chi connectivity index (χ3v) is 2.96. The fraction of sp³-hybridized carbons (Fsp3) is 0.308. The molecule has 0 amide bonds. The van der Waals surface area contributed by atoms with Crippen LogP contribution >= 0.6 is 0 Å². The zero-order valence-corrected chi connectivity index (χ0v) is 10.4. The largest absolute Gasteiger partial charge is 0.364 e. The number of aromatic nitrogens is 3. The van der Waals surface area contributed by atoms with Gasteiger partial charge in [0, 0.05) is 24.6 Å². The minimum atomic E-state index is 0.117. The van der Waals surface area contributed by atoms with Crippen molar-refractivity contribution >= 4 is 5.82 Å². The number of nitriles is 1. The van der Waals surface area contributed by atoms with Crippen LogP contribution in [0.3, 0.4) is 0 Å². The Labute approximate surface area is 106 Å². The van der Waals surface area contributed by atoms with Crippen molar-refractivity contribution in [1.82, 2.24) is 14.8 Å². The molecule has 2 aromatic rings. The minimum absolute atomic E-state index is 0.117. The molecular formula is C13H15N5. The molecule has 0 aliphatic heterocycles. The van der Waals surface area contributed by atoms with Gasteiger partial charge in [0.25, 0.3) is 0 Å². The highest BCUT2D eigenvalue weighted by molar-refractivity contribution is 5.51. The third-order valence-electron chi connectivity index (χ3n) is 2.96. The lowest BCUT2D eigenvalue weighted by molar-refractivity contribution is 0.443. The van der Waals surface area contributed by atoms with Gasteiger partial charge in [-0.15, -0.1) is 0 Å². The molecular weight excluding hydrogens is 226 g/mol. The lowest BCUT2D eigenvalue weighted by atomic mass is 10.1. The zero-order chi connectivity index (χ0) is 13.0. The summed E-state index contributed by atoms with van der Waals surface area (Å²) in [7, 11) is 0. The molecule has 0 saturated heterocycles. The number of hydrogen-bond acceptors (Lipinski definition) is 4. The molecule has 2 aromatic heterocycles. The highest BCUT2D eigenvalue weighted by Crippen LogP contribution is 2.16. The van der Waals surface area contributed by atoms with Crippen LogP contribution in [0.15, 0.2) is 36.8 Å². The van der Waals surface area contributed by atoms with E-state index >= 15 is 0 Å². The molecule has 0 saturated carbocycles. The molecule has 18 heavy (non-hydrogen) atoms. The molecule has 0 spiro atoms. The molecule has 0 aliphatic rings. The van der Waals surface area contributed by atoms with E-state index in [9.17, 15) is 0 Å². The van der Waals surface area contributed by atoms with Crippen molar-refractivity contribution in [2.24, 2.45) is 0 Å². The SMILES string of the molecule is C[C@H](Nc1ncccc1C#N)[C@H](C)n1cccn1. The van der Waals surface area contributed by atoms with E-state index < -0.39 is 0 Å². The molecule has 0 aliphatic carbocycles. The summed E-state index contributed by atoms with van der Waals surface area (Å²) >= 11 is 0. The molecule has 2 heterocycles. The number of nitrogens with one attached hydrogen (secondary N) is 1. The average molecular weight is 241 g/mol. The lowest BCUT2D eigenvalue weighted by Gasteiger charge is -2.22. The number of rotatable bonds is 4. The van der Waals surface area contributed by atoms with E-state index in [0.717, 1.165) is 0 Å². The Morgan fingerprint density at radius 2 is 2.17 bits per heavy atom. The molecule has 2 atom stereocenters. The molecule has 2 rings (SSSR count). The van der Waals surface area contributed by atoms with Gasteiger partial charge in [0.2, 0.25) is 0 Å². The number of nitrogens with zero attached hydrogens (tertiary/aromatic N) is 4. The van der Waals surface area contributed by atoms with Crippen LogP contribution in [0, 0.1) is 11.3 Å². The van der Waals surface area contributed by atoms with Crippen molar-refractivity contribution in [3.63, 3.8) is 0 Å². The molecule has 5 heteroatoms. The molecule has 5 nitrogen and oxygen atoms in total. The van der Waals surface area contributed by atoms with Gasteiger partial charge in [-0.3, -0.25) is 4.68 Å². The van der Waals surface area contributed by atoms with Crippen LogP contribution in [0.5, 0.6) is 0 Å². The maximum absolute atomic E-state index is 9.01. The highest BCUT2D eigenvalue weighted by atomic mass is 15.3. The summed E-state index contributed by atoms with van der Waals surface area (Å²) in [5.41, 5.74) is 0.553. The summed E-state index contributed by atoms with van der Waals surface area (Å²) in [6.07, 6.45) is 5.35. The zero-order valence-electron chi connectivity index (χ0n) is 10.4. The number of hydrogen-bond donors (Lipinski definition) is 1. The normalized spacial score (nSPS) is 13.6. The predicted molar refractivity (Wildman–Crippen MR) is 69.0 cm³/mol. The van der Waals surface area contributed by atoms with Crippen LogP contribution < -0.4 is 5.32 Å². The first-order chi connectivity index (χ1) is 8.72. The van der Waals surface area contributed by atoms with Gasteiger partial charge >= 0.3 is 0 Å². The quantitative estimate of drug-likeness (QED) is 0.891. The Hall–Kier alpha value is -2.35. The maximum atomic E-state index is 9.01. The van der Waals surface area contributed by atoms with Crippen molar-refractivity contribution in [2.75, 3.05) is 5.32 Å². The van der Waals surface area contributed by atoms with Gasteiger partial charge in [-0.2, -0.15) is 10.4 Å². The Morgan fingerprint density at radius 3 is 2.83 bits per heavy atom. The third kappa shape index (κ3) is 2.48. The van der Waals surface area contributed by atoms with Gasteiger partial charge in [-0.1, -0.05) is 0 Å². The van der Waals surface area contributed by atoms with Gasteiger partial charge in [0.1, 0.15) is 11.9 Å². The minimum Gasteiger partial charge on any atom is -0.364 e. The van der Waals surface area contributed by atoms with Gasteiger partial charge in [0.15, 0.2) is 0 Å². The molecule has 0 unspecified atom stereocenters. The Kier molecular flexibility index (Phi) is 3.58. The van der Waals surface area contributed by atoms with E-state index in [1.165, 1.54) is 0 Å². The lowest BCUT2D eigenvalue weighted by Crippen LogP contribution is -2.27. The maximum Gasteiger partial charge on any atom is 0.144 e. The summed E-state index contributed by atoms with van der Waals surface area (Å²) in [5.74, 6) is 0.617. The predicted octanol–water partition coefficient (Wildman–Crippen LogP) is 2.21. The topological polar surface area (TPSA) is 66.5 Å². The van der Waals surface area contributed by atoms with E-state index in [1.807, 2.05) is 23.9 Å². The van der Waals surface area contributed by atoms with E-state index in [2.05, 4.69) is 28.4 Å². The highest BCUT2D eigenvalue weighted by Gasteiger charge is 2.15. The molecule has 1 N–H and O–H groups in total. The second kappa shape index (κ2) is 5.32. The van der Waals surface area contributed by atoms with Crippen molar-refractivity contribution in [3.8, 4) is 6.07 Å². The van der Waals surface area contributed by atoms with Gasteiger partial charge in [-0.05, 0) is 32.0 Å². The summed E-state index contributed by atoms with van der Waals surface area (Å²) in [6, 6.07) is 7.82. The van der Waals surface area contributed by atoms with Crippen LogP contribution in [0.4, 0.5) is 5.82 Å². The Bertz CT molecular complexity index is 541. The smallest absolute Gasteiger partial charge is 0.144 e. The Morgan fingerprint density at radius 1 is 1.33 bits per heavy atom. The first kappa shape index (κ1) is 12.1. The van der Waals surface area contributed by atoms with Crippen LogP contribution in [0.2, 0.25) is 0 Å². The van der Waals surface area contributed by atoms with Crippen molar-refractivity contribution < 1.29 is 0 Å². The van der Waals surface area contributed by atoms with E-state index in [4.69, 9.17) is 5.26 Å². The summed E-state index contributed by atoms with van der Waals surface area (Å²) < 4.78 is 1.88. The van der Waals surface area contributed by atoms with Crippen LogP contribution in [0.25, 0.3) is 0 Å². The second-order valence-corrected chi connectivity index (χ2v) is 4.17. The van der Waals surface area contributed by atoms with Gasteiger partial charge < -0.3 is 5.32 Å². The second-order valence-electron chi connectivity index (χ2n) is 4.17. The first-order valence-corrected chi connectivity index (χ1v) is 5.83. The fourth-order valence-corrected chi connectivity index (χ4v) is 1.70. The van der Waals surface area contributed by atoms with Crippen LogP contribution in [0.1, 0.15) is 25.5 Å². The molecule has 0 bridgehead atoms. The summed E-state index contributed by atoms with van der Waals surface area (Å²) in [4.78, 5) is 4.19. The number of pyridine rings is 1. The van der Waals surface area contributed by atoms with Gasteiger partial charge in [-0.25, -0.2) is 4.98 Å². The Balaban J connectivity index is 2.12. The fourth-order valence-electron chi connectivity index (χ4n) is 1.70. The number of anilines is 1. The standard InChI is InChI=1S/C13H15N5/c1-10(11(2)18-8-4-7-16-18)17-13-12(9-14)5-3-6-15-13/h3-8,10-11H,1-2H3,(H,15,17)/t10-,11-/m0/s1. The van der Waals surface area contributed by atoms with Crippen LogP contribution in [-0.2, 0) is 0 Å². The van der Waals surface area contributed by atoms with E-state index in [1.54, 1.807) is 24.5 Å². The molecule has 0 fully saturated rings. The van der Waals surface area contributed by atoms with Crippen LogP contribution in [-0.4, -0.2) is 20.8 Å². The van der Waals surface area contributed by atoms with E-state index in [0.29, 0.717) is 11.4 Å².